The van der Waals surface area contributed by atoms with E-state index in [-0.39, 0.29) is 19.0 Å². The summed E-state index contributed by atoms with van der Waals surface area (Å²) in [4.78, 5) is 28.8. The maximum Gasteiger partial charge on any atom is 0.414 e. The summed E-state index contributed by atoms with van der Waals surface area (Å²) in [6.45, 7) is 8.32. The Balaban J connectivity index is 1.41. The summed E-state index contributed by atoms with van der Waals surface area (Å²) in [7, 11) is 0. The van der Waals surface area contributed by atoms with Crippen LogP contribution in [0.5, 0.6) is 0 Å². The van der Waals surface area contributed by atoms with E-state index in [0.29, 0.717) is 42.7 Å². The van der Waals surface area contributed by atoms with Crippen molar-refractivity contribution < 1.29 is 18.7 Å². The van der Waals surface area contributed by atoms with Crippen LogP contribution in [0.2, 0.25) is 5.15 Å². The van der Waals surface area contributed by atoms with E-state index in [9.17, 15) is 9.59 Å². The van der Waals surface area contributed by atoms with Crippen LogP contribution >= 0.6 is 11.6 Å². The Morgan fingerprint density at radius 1 is 1.18 bits per heavy atom. The molecule has 2 aliphatic heterocycles. The number of piperazine rings is 1. The van der Waals surface area contributed by atoms with Gasteiger partial charge in [-0.05, 0) is 43.2 Å². The number of amides is 2. The molecule has 0 aliphatic carbocycles. The van der Waals surface area contributed by atoms with Gasteiger partial charge in [-0.3, -0.25) is 9.69 Å². The molecule has 4 rings (SSSR count). The molecule has 2 aromatic rings. The number of aromatic nitrogens is 2. The van der Waals surface area contributed by atoms with Gasteiger partial charge in [-0.15, -0.1) is 10.2 Å². The van der Waals surface area contributed by atoms with E-state index in [1.807, 2.05) is 18.7 Å². The van der Waals surface area contributed by atoms with Crippen molar-refractivity contribution in [3.63, 3.8) is 0 Å². The molecule has 0 saturated carbocycles. The lowest BCUT2D eigenvalue weighted by Crippen LogP contribution is -2.47. The summed E-state index contributed by atoms with van der Waals surface area (Å²) in [6, 6.07) is 4.75. The molecule has 11 heteroatoms. The van der Waals surface area contributed by atoms with Gasteiger partial charge in [0.2, 0.25) is 5.91 Å². The number of rotatable bonds is 5. The number of hydrogen-bond acceptors (Lipinski definition) is 7. The molecule has 3 heterocycles. The predicted molar refractivity (Wildman–Crippen MR) is 124 cm³/mol. The lowest BCUT2D eigenvalue weighted by molar-refractivity contribution is -0.119. The summed E-state index contributed by atoms with van der Waals surface area (Å²) < 4.78 is 20.3. The fraction of sp³-hybridized carbons (Fsp3) is 0.455. The number of nitrogens with zero attached hydrogens (tertiary/aromatic N) is 5. The Bertz CT molecular complexity index is 1080. The molecule has 1 aromatic carbocycles. The highest BCUT2D eigenvalue weighted by atomic mass is 35.5. The van der Waals surface area contributed by atoms with Gasteiger partial charge in [-0.1, -0.05) is 11.6 Å². The predicted octanol–water partition coefficient (Wildman–Crippen LogP) is 2.67. The normalized spacial score (nSPS) is 18.5. The zero-order valence-electron chi connectivity index (χ0n) is 18.8. The highest BCUT2D eigenvalue weighted by molar-refractivity contribution is 6.30. The molecule has 2 saturated heterocycles. The topological polar surface area (TPSA) is 90.9 Å². The van der Waals surface area contributed by atoms with Crippen LogP contribution < -0.4 is 20.0 Å². The average Bonchev–Trinajstić information content (AvgIpc) is 3.17. The Hall–Kier alpha value is -3.14. The van der Waals surface area contributed by atoms with E-state index in [1.165, 1.54) is 17.9 Å². The van der Waals surface area contributed by atoms with E-state index < -0.39 is 18.0 Å². The lowest BCUT2D eigenvalue weighted by atomic mass is 10.1. The van der Waals surface area contributed by atoms with E-state index in [1.54, 1.807) is 12.1 Å². The molecule has 0 unspecified atom stereocenters. The van der Waals surface area contributed by atoms with Crippen LogP contribution in [0.25, 0.3) is 0 Å². The maximum absolute atomic E-state index is 15.0. The minimum Gasteiger partial charge on any atom is -0.442 e. The summed E-state index contributed by atoms with van der Waals surface area (Å²) in [5.41, 5.74) is 2.81. The standard InChI is InChI=1S/C22H26ClFN6O3/c1-13-14(2)21(27-26-20(13)23)29-8-6-28(7-9-29)19-5-4-16(10-18(19)24)30-12-17(33-22(30)32)11-25-15(3)31/h4-5,10,17H,6-9,11-12H2,1-3H3,(H,25,31)/t17-/m0/s1. The van der Waals surface area contributed by atoms with Gasteiger partial charge < -0.3 is 19.9 Å². The van der Waals surface area contributed by atoms with Crippen molar-refractivity contribution in [2.45, 2.75) is 26.9 Å². The number of ether oxygens (including phenoxy) is 1. The van der Waals surface area contributed by atoms with Gasteiger partial charge in [-0.25, -0.2) is 9.18 Å². The number of hydrogen-bond donors (Lipinski definition) is 1. The molecule has 1 N–H and O–H groups in total. The summed E-state index contributed by atoms with van der Waals surface area (Å²) in [5, 5.41) is 11.3. The van der Waals surface area contributed by atoms with Crippen LogP contribution in [0, 0.1) is 19.7 Å². The third-order valence-corrected chi connectivity index (χ3v) is 6.41. The van der Waals surface area contributed by atoms with E-state index in [4.69, 9.17) is 16.3 Å². The highest BCUT2D eigenvalue weighted by Crippen LogP contribution is 2.30. The SMILES string of the molecule is CC(=O)NC[C@H]1CN(c2ccc(N3CCN(c4nnc(Cl)c(C)c4C)CC3)c(F)c2)C(=O)O1. The van der Waals surface area contributed by atoms with Crippen molar-refractivity contribution in [1.82, 2.24) is 15.5 Å². The van der Waals surface area contributed by atoms with Gasteiger partial charge in [0.15, 0.2) is 11.0 Å². The Labute approximate surface area is 196 Å². The van der Waals surface area contributed by atoms with E-state index in [0.717, 1.165) is 16.9 Å². The van der Waals surface area contributed by atoms with Crippen LogP contribution in [-0.4, -0.2) is 67.6 Å². The quantitative estimate of drug-likeness (QED) is 0.709. The maximum atomic E-state index is 15.0. The van der Waals surface area contributed by atoms with E-state index in [2.05, 4.69) is 20.4 Å². The molecule has 176 valence electrons. The molecule has 2 fully saturated rings. The minimum atomic E-state index is -0.555. The third kappa shape index (κ3) is 4.80. The largest absolute Gasteiger partial charge is 0.442 e. The molecular weight excluding hydrogens is 451 g/mol. The average molecular weight is 477 g/mol. The molecule has 1 aromatic heterocycles. The van der Waals surface area contributed by atoms with Crippen LogP contribution in [0.1, 0.15) is 18.1 Å². The van der Waals surface area contributed by atoms with Gasteiger partial charge in [0.25, 0.3) is 0 Å². The summed E-state index contributed by atoms with van der Waals surface area (Å²) in [6.07, 6.45) is -1.03. The van der Waals surface area contributed by atoms with E-state index >= 15 is 4.39 Å². The van der Waals surface area contributed by atoms with Gasteiger partial charge in [0.05, 0.1) is 24.5 Å². The molecule has 2 amide bonds. The number of benzene rings is 1. The summed E-state index contributed by atoms with van der Waals surface area (Å²) in [5.74, 6) is 0.194. The van der Waals surface area contributed by atoms with Gasteiger partial charge in [-0.2, -0.15) is 0 Å². The Kier molecular flexibility index (Phi) is 6.55. The smallest absolute Gasteiger partial charge is 0.414 e. The van der Waals surface area contributed by atoms with Crippen molar-refractivity contribution in [2.24, 2.45) is 0 Å². The first-order valence-electron chi connectivity index (χ1n) is 10.8. The highest BCUT2D eigenvalue weighted by Gasteiger charge is 2.33. The second-order valence-electron chi connectivity index (χ2n) is 8.23. The van der Waals surface area contributed by atoms with Gasteiger partial charge in [0.1, 0.15) is 11.9 Å². The summed E-state index contributed by atoms with van der Waals surface area (Å²) >= 11 is 6.06. The Morgan fingerprint density at radius 2 is 1.88 bits per heavy atom. The first-order valence-corrected chi connectivity index (χ1v) is 11.1. The second kappa shape index (κ2) is 9.38. The van der Waals surface area contributed by atoms with Crippen molar-refractivity contribution >= 4 is 40.8 Å². The fourth-order valence-corrected chi connectivity index (χ4v) is 4.22. The Morgan fingerprint density at radius 3 is 2.55 bits per heavy atom. The van der Waals surface area contributed by atoms with Gasteiger partial charge >= 0.3 is 6.09 Å². The van der Waals surface area contributed by atoms with Crippen molar-refractivity contribution in [2.75, 3.05) is 54.0 Å². The molecule has 0 spiro atoms. The van der Waals surface area contributed by atoms with Crippen LogP contribution in [0.4, 0.5) is 26.4 Å². The van der Waals surface area contributed by atoms with Crippen LogP contribution in [0.15, 0.2) is 18.2 Å². The zero-order valence-corrected chi connectivity index (χ0v) is 19.5. The zero-order chi connectivity index (χ0) is 23.7. The molecular formula is C22H26ClFN6O3. The molecule has 2 aliphatic rings. The van der Waals surface area contributed by atoms with Crippen LogP contribution in [0.3, 0.4) is 0 Å². The molecule has 0 radical (unpaired) electrons. The number of cyclic esters (lactones) is 1. The molecule has 1 atom stereocenters. The number of carbonyl (C=O) groups excluding carboxylic acids is 2. The third-order valence-electron chi connectivity index (χ3n) is 6.06. The first kappa shape index (κ1) is 23.0. The second-order valence-corrected chi connectivity index (χ2v) is 8.59. The minimum absolute atomic E-state index is 0.201. The van der Waals surface area contributed by atoms with Crippen molar-refractivity contribution in [3.05, 3.63) is 40.3 Å². The molecule has 33 heavy (non-hydrogen) atoms. The van der Waals surface area contributed by atoms with Gasteiger partial charge in [0, 0.05) is 33.1 Å². The number of carbonyl (C=O) groups is 2. The van der Waals surface area contributed by atoms with Crippen LogP contribution in [-0.2, 0) is 9.53 Å². The lowest BCUT2D eigenvalue weighted by Gasteiger charge is -2.37. The monoisotopic (exact) mass is 476 g/mol. The fourth-order valence-electron chi connectivity index (χ4n) is 4.04. The van der Waals surface area contributed by atoms with Crippen molar-refractivity contribution in [3.8, 4) is 0 Å². The first-order chi connectivity index (χ1) is 15.7. The number of nitrogens with one attached hydrogen (secondary N) is 1. The number of anilines is 3. The number of halogens is 2. The molecule has 9 nitrogen and oxygen atoms in total. The molecule has 0 bridgehead atoms. The van der Waals surface area contributed by atoms with Crippen molar-refractivity contribution in [1.29, 1.82) is 0 Å².